The monoisotopic (exact) mass is 391 g/mol. The molecule has 2 aromatic carbocycles. The van der Waals surface area contributed by atoms with Gasteiger partial charge >= 0.3 is 0 Å². The molecule has 1 aliphatic rings. The second-order valence-electron chi connectivity index (χ2n) is 6.52. The summed E-state index contributed by atoms with van der Waals surface area (Å²) in [7, 11) is -3.82. The number of hydrogen-bond acceptors (Lipinski definition) is 4. The summed E-state index contributed by atoms with van der Waals surface area (Å²) in [6, 6.07) is 10.9. The summed E-state index contributed by atoms with van der Waals surface area (Å²) in [6.07, 6.45) is 2.92. The first-order valence-corrected chi connectivity index (χ1v) is 10.3. The van der Waals surface area contributed by atoms with Crippen molar-refractivity contribution in [3.63, 3.8) is 0 Å². The maximum atomic E-state index is 13.0. The van der Waals surface area contributed by atoms with E-state index in [1.54, 1.807) is 17.0 Å². The predicted molar refractivity (Wildman–Crippen MR) is 101 cm³/mol. The highest BCUT2D eigenvalue weighted by Gasteiger charge is 2.26. The molecule has 1 atom stereocenters. The molecule has 3 rings (SSSR count). The summed E-state index contributed by atoms with van der Waals surface area (Å²) < 4.78 is 40.1. The molecular weight excluding hydrogens is 369 g/mol. The molecule has 1 amide bonds. The van der Waals surface area contributed by atoms with Crippen molar-refractivity contribution in [1.82, 2.24) is 4.90 Å². The highest BCUT2D eigenvalue weighted by Crippen LogP contribution is 2.21. The number of nitrogens with zero attached hydrogens (tertiary/aromatic N) is 1. The van der Waals surface area contributed by atoms with Gasteiger partial charge in [0.1, 0.15) is 5.82 Å². The van der Waals surface area contributed by atoms with Crippen LogP contribution in [0.4, 0.5) is 10.1 Å². The van der Waals surface area contributed by atoms with Crippen LogP contribution in [0.2, 0.25) is 0 Å². The van der Waals surface area contributed by atoms with Crippen LogP contribution in [0.5, 0.6) is 0 Å². The Labute approximate surface area is 158 Å². The number of carbonyl (C=O) groups is 1. The fourth-order valence-corrected chi connectivity index (χ4v) is 4.25. The van der Waals surface area contributed by atoms with E-state index in [1.807, 2.05) is 0 Å². The molecule has 0 radical (unpaired) electrons. The lowest BCUT2D eigenvalue weighted by Crippen LogP contribution is -2.47. The molecule has 8 heteroatoms. The number of nitrogens with two attached hydrogens (primary N) is 1. The third-order valence-corrected chi connectivity index (χ3v) is 6.07. The van der Waals surface area contributed by atoms with Crippen molar-refractivity contribution < 1.29 is 17.6 Å². The van der Waals surface area contributed by atoms with Gasteiger partial charge in [0.2, 0.25) is 0 Å². The van der Waals surface area contributed by atoms with E-state index in [0.29, 0.717) is 24.3 Å². The van der Waals surface area contributed by atoms with Crippen molar-refractivity contribution >= 4 is 21.6 Å². The van der Waals surface area contributed by atoms with Crippen molar-refractivity contribution in [3.05, 3.63) is 59.9 Å². The second kappa shape index (κ2) is 8.06. The number of nitrogens with one attached hydrogen (secondary N) is 1. The van der Waals surface area contributed by atoms with Crippen molar-refractivity contribution in [2.75, 3.05) is 17.8 Å². The molecular formula is C19H22FN3O3S. The quantitative estimate of drug-likeness (QED) is 0.819. The number of sulfonamides is 1. The first kappa shape index (κ1) is 19.3. The third kappa shape index (κ3) is 4.45. The van der Waals surface area contributed by atoms with Gasteiger partial charge in [-0.2, -0.15) is 0 Å². The Kier molecular flexibility index (Phi) is 5.76. The van der Waals surface area contributed by atoms with Crippen LogP contribution in [-0.4, -0.2) is 38.4 Å². The fraction of sp³-hybridized carbons (Fsp3) is 0.316. The van der Waals surface area contributed by atoms with Gasteiger partial charge in [0.15, 0.2) is 0 Å². The van der Waals surface area contributed by atoms with Gasteiger partial charge in [-0.25, -0.2) is 12.8 Å². The minimum Gasteiger partial charge on any atom is -0.334 e. The van der Waals surface area contributed by atoms with Gasteiger partial charge in [-0.05, 0) is 67.8 Å². The molecule has 3 N–H and O–H groups in total. The Hall–Kier alpha value is -2.45. The van der Waals surface area contributed by atoms with E-state index in [4.69, 9.17) is 5.73 Å². The first-order valence-electron chi connectivity index (χ1n) is 8.80. The summed E-state index contributed by atoms with van der Waals surface area (Å²) in [5.74, 6) is -0.608. The molecule has 6 nitrogen and oxygen atoms in total. The third-order valence-electron chi connectivity index (χ3n) is 4.67. The molecule has 0 bridgehead atoms. The molecule has 0 spiro atoms. The van der Waals surface area contributed by atoms with E-state index in [2.05, 4.69) is 4.72 Å². The number of likely N-dealkylation sites (tertiary alicyclic amines) is 1. The normalized spacial score (nSPS) is 17.6. The molecule has 1 heterocycles. The Balaban J connectivity index is 1.73. The van der Waals surface area contributed by atoms with Gasteiger partial charge in [-0.1, -0.05) is 0 Å². The molecule has 0 aliphatic carbocycles. The van der Waals surface area contributed by atoms with Crippen molar-refractivity contribution in [1.29, 1.82) is 0 Å². The van der Waals surface area contributed by atoms with Crippen LogP contribution in [0, 0.1) is 5.82 Å². The fourth-order valence-electron chi connectivity index (χ4n) is 3.19. The number of hydrogen-bond donors (Lipinski definition) is 2. The van der Waals surface area contributed by atoms with E-state index in [1.165, 1.54) is 24.3 Å². The van der Waals surface area contributed by atoms with Crippen molar-refractivity contribution in [2.24, 2.45) is 5.73 Å². The average molecular weight is 391 g/mol. The predicted octanol–water partition coefficient (Wildman–Crippen LogP) is 2.58. The van der Waals surface area contributed by atoms with E-state index < -0.39 is 15.8 Å². The number of anilines is 1. The summed E-state index contributed by atoms with van der Waals surface area (Å²) in [4.78, 5) is 14.5. The van der Waals surface area contributed by atoms with Crippen LogP contribution in [0.1, 0.15) is 29.6 Å². The largest absolute Gasteiger partial charge is 0.334 e. The zero-order valence-corrected chi connectivity index (χ0v) is 15.6. The van der Waals surface area contributed by atoms with Crippen LogP contribution in [0.3, 0.4) is 0 Å². The maximum absolute atomic E-state index is 13.0. The van der Waals surface area contributed by atoms with Gasteiger partial charge in [0.05, 0.1) is 4.90 Å². The number of rotatable bonds is 5. The molecule has 0 saturated carbocycles. The summed E-state index contributed by atoms with van der Waals surface area (Å²) in [5.41, 5.74) is 6.58. The Morgan fingerprint density at radius 3 is 2.41 bits per heavy atom. The van der Waals surface area contributed by atoms with Crippen LogP contribution in [0.15, 0.2) is 53.4 Å². The van der Waals surface area contributed by atoms with Gasteiger partial charge in [0, 0.05) is 30.4 Å². The number of carbonyl (C=O) groups excluding carboxylic acids is 1. The zero-order chi connectivity index (χ0) is 19.4. The standard InChI is InChI=1S/C19H22FN3O3S/c20-15-6-10-18(11-7-15)27(25,26)22-16-8-4-14(5-9-16)19(24)23-12-2-1-3-17(23)13-21/h4-11,17,22H,1-3,12-13,21H2. The van der Waals surface area contributed by atoms with E-state index in [9.17, 15) is 17.6 Å². The molecule has 2 aromatic rings. The van der Waals surface area contributed by atoms with Gasteiger partial charge < -0.3 is 10.6 Å². The van der Waals surface area contributed by atoms with Crippen molar-refractivity contribution in [2.45, 2.75) is 30.2 Å². The Morgan fingerprint density at radius 2 is 1.78 bits per heavy atom. The van der Waals surface area contributed by atoms with E-state index >= 15 is 0 Å². The summed E-state index contributed by atoms with van der Waals surface area (Å²) >= 11 is 0. The molecule has 0 aromatic heterocycles. The Bertz CT molecular complexity index is 899. The lowest BCUT2D eigenvalue weighted by molar-refractivity contribution is 0.0623. The minimum absolute atomic E-state index is 0.0387. The maximum Gasteiger partial charge on any atom is 0.261 e. The lowest BCUT2D eigenvalue weighted by Gasteiger charge is -2.35. The second-order valence-corrected chi connectivity index (χ2v) is 8.20. The highest BCUT2D eigenvalue weighted by molar-refractivity contribution is 7.92. The molecule has 1 aliphatic heterocycles. The zero-order valence-electron chi connectivity index (χ0n) is 14.8. The number of amides is 1. The molecule has 27 heavy (non-hydrogen) atoms. The van der Waals surface area contributed by atoms with Gasteiger partial charge in [-0.3, -0.25) is 9.52 Å². The van der Waals surface area contributed by atoms with Crippen LogP contribution in [-0.2, 0) is 10.0 Å². The highest BCUT2D eigenvalue weighted by atomic mass is 32.2. The van der Waals surface area contributed by atoms with Gasteiger partial charge in [0.25, 0.3) is 15.9 Å². The van der Waals surface area contributed by atoms with Crippen LogP contribution < -0.4 is 10.5 Å². The molecule has 1 unspecified atom stereocenters. The van der Waals surface area contributed by atoms with E-state index in [-0.39, 0.29) is 16.8 Å². The van der Waals surface area contributed by atoms with E-state index in [0.717, 1.165) is 31.4 Å². The molecule has 1 fully saturated rings. The summed E-state index contributed by atoms with van der Waals surface area (Å²) in [5, 5.41) is 0. The Morgan fingerprint density at radius 1 is 1.11 bits per heavy atom. The topological polar surface area (TPSA) is 92.5 Å². The SMILES string of the molecule is NCC1CCCCN1C(=O)c1ccc(NS(=O)(=O)c2ccc(F)cc2)cc1. The van der Waals surface area contributed by atoms with Gasteiger partial charge in [-0.15, -0.1) is 0 Å². The number of piperidine rings is 1. The molecule has 144 valence electrons. The summed E-state index contributed by atoms with van der Waals surface area (Å²) in [6.45, 7) is 1.11. The lowest BCUT2D eigenvalue weighted by atomic mass is 10.0. The number of benzene rings is 2. The number of halogens is 1. The average Bonchev–Trinajstić information content (AvgIpc) is 2.68. The smallest absolute Gasteiger partial charge is 0.261 e. The molecule has 1 saturated heterocycles. The van der Waals surface area contributed by atoms with Crippen molar-refractivity contribution in [3.8, 4) is 0 Å². The van der Waals surface area contributed by atoms with Crippen LogP contribution in [0.25, 0.3) is 0 Å². The van der Waals surface area contributed by atoms with Crippen LogP contribution >= 0.6 is 0 Å². The minimum atomic E-state index is -3.82. The first-order chi connectivity index (χ1) is 12.9.